The summed E-state index contributed by atoms with van der Waals surface area (Å²) < 4.78 is 5.37. The number of rotatable bonds is 4. The summed E-state index contributed by atoms with van der Waals surface area (Å²) in [7, 11) is 1.73. The van der Waals surface area contributed by atoms with E-state index in [2.05, 4.69) is 38.1 Å². The zero-order valence-electron chi connectivity index (χ0n) is 16.7. The zero-order valence-corrected chi connectivity index (χ0v) is 17.5. The van der Waals surface area contributed by atoms with E-state index >= 15 is 0 Å². The van der Waals surface area contributed by atoms with E-state index < -0.39 is 5.60 Å². The number of carbonyl (C=O) groups is 1. The first kappa shape index (κ1) is 20.1. The number of ether oxygens (including phenoxy) is 1. The third kappa shape index (κ3) is 5.45. The van der Waals surface area contributed by atoms with Gasteiger partial charge in [0, 0.05) is 31.1 Å². The molecule has 2 N–H and O–H groups in total. The van der Waals surface area contributed by atoms with Crippen LogP contribution in [0, 0.1) is 0 Å². The van der Waals surface area contributed by atoms with Crippen LogP contribution in [0.2, 0.25) is 0 Å². The number of amides is 1. The first-order valence-electron chi connectivity index (χ1n) is 9.29. The van der Waals surface area contributed by atoms with Crippen LogP contribution in [0.4, 0.5) is 4.79 Å². The molecule has 150 valence electrons. The van der Waals surface area contributed by atoms with Crippen LogP contribution >= 0.6 is 11.3 Å². The van der Waals surface area contributed by atoms with Gasteiger partial charge in [0.25, 0.3) is 0 Å². The fourth-order valence-corrected chi connectivity index (χ4v) is 3.54. The first-order valence-corrected chi connectivity index (χ1v) is 10.2. The Balaban J connectivity index is 1.44. The van der Waals surface area contributed by atoms with Crippen LogP contribution in [0.5, 0.6) is 0 Å². The lowest BCUT2D eigenvalue weighted by molar-refractivity contribution is 0.00701. The lowest BCUT2D eigenvalue weighted by Gasteiger charge is -2.40. The third-order valence-corrected chi connectivity index (χ3v) is 5.05. The van der Waals surface area contributed by atoms with Crippen LogP contribution in [0.3, 0.4) is 0 Å². The SMILES string of the molecule is CN=C(NCc1csc(-c2ccccc2)n1)NC1CN(C(=O)OC(C)(C)C)C1. The van der Waals surface area contributed by atoms with E-state index in [9.17, 15) is 4.79 Å². The summed E-state index contributed by atoms with van der Waals surface area (Å²) in [6, 6.07) is 10.3. The quantitative estimate of drug-likeness (QED) is 0.608. The van der Waals surface area contributed by atoms with Crippen LogP contribution in [-0.2, 0) is 11.3 Å². The van der Waals surface area contributed by atoms with E-state index in [1.165, 1.54) is 0 Å². The summed E-state index contributed by atoms with van der Waals surface area (Å²) in [5.41, 5.74) is 1.62. The van der Waals surface area contributed by atoms with Crippen molar-refractivity contribution in [3.05, 3.63) is 41.4 Å². The Hall–Kier alpha value is -2.61. The lowest BCUT2D eigenvalue weighted by Crippen LogP contribution is -2.63. The number of thiazole rings is 1. The highest BCUT2D eigenvalue weighted by atomic mass is 32.1. The highest BCUT2D eigenvalue weighted by Crippen LogP contribution is 2.23. The maximum atomic E-state index is 12.0. The van der Waals surface area contributed by atoms with Gasteiger partial charge in [0.1, 0.15) is 10.6 Å². The zero-order chi connectivity index (χ0) is 20.1. The molecule has 1 aromatic carbocycles. The normalized spacial score (nSPS) is 15.1. The van der Waals surface area contributed by atoms with Crippen molar-refractivity contribution in [1.29, 1.82) is 0 Å². The minimum atomic E-state index is -0.473. The highest BCUT2D eigenvalue weighted by molar-refractivity contribution is 7.13. The summed E-state index contributed by atoms with van der Waals surface area (Å²) >= 11 is 1.63. The van der Waals surface area contributed by atoms with Crippen molar-refractivity contribution in [2.45, 2.75) is 39.0 Å². The van der Waals surface area contributed by atoms with Crippen LogP contribution in [0.25, 0.3) is 10.6 Å². The Morgan fingerprint density at radius 1 is 1.32 bits per heavy atom. The molecule has 2 aromatic rings. The molecule has 0 bridgehead atoms. The molecule has 1 saturated heterocycles. The molecule has 28 heavy (non-hydrogen) atoms. The van der Waals surface area contributed by atoms with Crippen molar-refractivity contribution in [1.82, 2.24) is 20.5 Å². The van der Waals surface area contributed by atoms with Gasteiger partial charge >= 0.3 is 6.09 Å². The number of aromatic nitrogens is 1. The fraction of sp³-hybridized carbons (Fsp3) is 0.450. The number of nitrogens with zero attached hydrogens (tertiary/aromatic N) is 3. The van der Waals surface area contributed by atoms with Crippen LogP contribution in [0.15, 0.2) is 40.7 Å². The van der Waals surface area contributed by atoms with Gasteiger partial charge in [-0.25, -0.2) is 9.78 Å². The summed E-state index contributed by atoms with van der Waals surface area (Å²) in [6.07, 6.45) is -0.274. The monoisotopic (exact) mass is 401 g/mol. The molecule has 0 spiro atoms. The molecule has 0 radical (unpaired) electrons. The Morgan fingerprint density at radius 3 is 2.68 bits per heavy atom. The molecule has 0 aliphatic carbocycles. The molecule has 0 saturated carbocycles. The van der Waals surface area contributed by atoms with E-state index in [1.807, 2.05) is 39.0 Å². The van der Waals surface area contributed by atoms with Crippen molar-refractivity contribution < 1.29 is 9.53 Å². The summed E-state index contributed by atoms with van der Waals surface area (Å²) in [6.45, 7) is 7.40. The highest BCUT2D eigenvalue weighted by Gasteiger charge is 2.34. The second kappa shape index (κ2) is 8.60. The number of nitrogens with one attached hydrogen (secondary N) is 2. The van der Waals surface area contributed by atoms with Crippen LogP contribution in [0.1, 0.15) is 26.5 Å². The topological polar surface area (TPSA) is 78.9 Å². The molecule has 7 nitrogen and oxygen atoms in total. The number of benzene rings is 1. The van der Waals surface area contributed by atoms with Crippen molar-refractivity contribution in [3.8, 4) is 10.6 Å². The van der Waals surface area contributed by atoms with Gasteiger partial charge in [0.05, 0.1) is 18.3 Å². The van der Waals surface area contributed by atoms with Gasteiger partial charge in [0.2, 0.25) is 0 Å². The standard InChI is InChI=1S/C20H27N5O2S/c1-20(2,3)27-19(26)25-11-16(12-25)24-18(21-4)22-10-15-13-28-17(23-15)14-8-6-5-7-9-14/h5-9,13,16H,10-12H2,1-4H3,(H2,21,22,24). The largest absolute Gasteiger partial charge is 0.444 e. The van der Waals surface area contributed by atoms with Gasteiger partial charge in [-0.05, 0) is 20.8 Å². The van der Waals surface area contributed by atoms with Gasteiger partial charge in [0.15, 0.2) is 5.96 Å². The average molecular weight is 402 g/mol. The van der Waals surface area contributed by atoms with Crippen molar-refractivity contribution in [3.63, 3.8) is 0 Å². The lowest BCUT2D eigenvalue weighted by atomic mass is 10.1. The maximum Gasteiger partial charge on any atom is 0.410 e. The van der Waals surface area contributed by atoms with Gasteiger partial charge in [-0.1, -0.05) is 30.3 Å². The van der Waals surface area contributed by atoms with Crippen molar-refractivity contribution in [2.24, 2.45) is 4.99 Å². The molecule has 1 aromatic heterocycles. The average Bonchev–Trinajstić information content (AvgIpc) is 3.08. The fourth-order valence-electron chi connectivity index (χ4n) is 2.71. The predicted octanol–water partition coefficient (Wildman–Crippen LogP) is 3.09. The van der Waals surface area contributed by atoms with Gasteiger partial charge < -0.3 is 20.3 Å². The number of hydrogen-bond donors (Lipinski definition) is 2. The molecule has 1 aliphatic heterocycles. The Bertz CT molecular complexity index is 823. The number of carbonyl (C=O) groups excluding carboxylic acids is 1. The molecule has 0 unspecified atom stereocenters. The first-order chi connectivity index (χ1) is 13.3. The smallest absolute Gasteiger partial charge is 0.410 e. The second-order valence-electron chi connectivity index (χ2n) is 7.66. The van der Waals surface area contributed by atoms with E-state index in [0.29, 0.717) is 25.6 Å². The summed E-state index contributed by atoms with van der Waals surface area (Å²) in [4.78, 5) is 22.6. The summed E-state index contributed by atoms with van der Waals surface area (Å²) in [5, 5.41) is 9.66. The minimum absolute atomic E-state index is 0.161. The van der Waals surface area contributed by atoms with Gasteiger partial charge in [-0.3, -0.25) is 4.99 Å². The molecule has 3 rings (SSSR count). The Kier molecular flexibility index (Phi) is 6.18. The number of likely N-dealkylation sites (tertiary alicyclic amines) is 1. The van der Waals surface area contributed by atoms with E-state index in [-0.39, 0.29) is 12.1 Å². The molecular formula is C20H27N5O2S. The molecule has 0 atom stereocenters. The van der Waals surface area contributed by atoms with Gasteiger partial charge in [-0.2, -0.15) is 0 Å². The van der Waals surface area contributed by atoms with Crippen molar-refractivity contribution >= 4 is 23.4 Å². The van der Waals surface area contributed by atoms with Gasteiger partial charge in [-0.15, -0.1) is 11.3 Å². The second-order valence-corrected chi connectivity index (χ2v) is 8.52. The van der Waals surface area contributed by atoms with Crippen molar-refractivity contribution in [2.75, 3.05) is 20.1 Å². The Labute approximate surface area is 169 Å². The number of aliphatic imine (C=N–C) groups is 1. The number of guanidine groups is 1. The summed E-state index contributed by atoms with van der Waals surface area (Å²) in [5.74, 6) is 0.697. The molecular weight excluding hydrogens is 374 g/mol. The van der Waals surface area contributed by atoms with E-state index in [0.717, 1.165) is 16.3 Å². The molecule has 1 fully saturated rings. The van der Waals surface area contributed by atoms with Crippen LogP contribution < -0.4 is 10.6 Å². The molecule has 1 aliphatic rings. The maximum absolute atomic E-state index is 12.0. The minimum Gasteiger partial charge on any atom is -0.444 e. The Morgan fingerprint density at radius 2 is 2.04 bits per heavy atom. The number of hydrogen-bond acceptors (Lipinski definition) is 5. The predicted molar refractivity (Wildman–Crippen MR) is 112 cm³/mol. The van der Waals surface area contributed by atoms with E-state index in [4.69, 9.17) is 4.74 Å². The molecule has 1 amide bonds. The third-order valence-electron chi connectivity index (χ3n) is 4.11. The van der Waals surface area contributed by atoms with Crippen LogP contribution in [-0.4, -0.2) is 53.7 Å². The van der Waals surface area contributed by atoms with E-state index in [1.54, 1.807) is 23.3 Å². The molecule has 2 heterocycles. The molecule has 8 heteroatoms.